The molecule has 2 N–H and O–H groups in total. The van der Waals surface area contributed by atoms with Crippen molar-refractivity contribution in [1.29, 1.82) is 0 Å². The summed E-state index contributed by atoms with van der Waals surface area (Å²) >= 11 is 0. The van der Waals surface area contributed by atoms with Gasteiger partial charge in [0.2, 0.25) is 0 Å². The lowest BCUT2D eigenvalue weighted by Crippen LogP contribution is -2.07. The molecule has 1 atom stereocenters. The van der Waals surface area contributed by atoms with Crippen molar-refractivity contribution in [3.8, 4) is 11.1 Å². The fourth-order valence-corrected chi connectivity index (χ4v) is 2.48. The SMILES string of the molecule is C=C/C=C(/CNc1cc(-c2cn[nH]c2C(C)CC)ccn1)C(=C)C. The Morgan fingerprint density at radius 1 is 1.46 bits per heavy atom. The zero-order valence-corrected chi connectivity index (χ0v) is 14.8. The minimum atomic E-state index is 0.442. The molecule has 2 aromatic rings. The van der Waals surface area contributed by atoms with E-state index in [0.717, 1.165) is 34.5 Å². The van der Waals surface area contributed by atoms with Crippen LogP contribution < -0.4 is 5.32 Å². The van der Waals surface area contributed by atoms with Crippen molar-refractivity contribution in [2.24, 2.45) is 0 Å². The lowest BCUT2D eigenvalue weighted by atomic mass is 9.97. The summed E-state index contributed by atoms with van der Waals surface area (Å²) in [6.45, 7) is 14.8. The molecule has 2 heterocycles. The minimum absolute atomic E-state index is 0.442. The molecule has 0 spiro atoms. The molecule has 0 aliphatic heterocycles. The third-order valence-corrected chi connectivity index (χ3v) is 4.17. The Bertz CT molecular complexity index is 740. The van der Waals surface area contributed by atoms with Gasteiger partial charge in [-0.05, 0) is 42.5 Å². The van der Waals surface area contributed by atoms with E-state index in [2.05, 4.69) is 53.6 Å². The number of aromatic amines is 1. The first-order chi connectivity index (χ1) is 11.6. The first-order valence-electron chi connectivity index (χ1n) is 8.27. The van der Waals surface area contributed by atoms with Crippen LogP contribution in [0.2, 0.25) is 0 Å². The maximum Gasteiger partial charge on any atom is 0.126 e. The predicted molar refractivity (Wildman–Crippen MR) is 102 cm³/mol. The lowest BCUT2D eigenvalue weighted by molar-refractivity contribution is 0.705. The zero-order valence-electron chi connectivity index (χ0n) is 14.8. The second-order valence-corrected chi connectivity index (χ2v) is 6.00. The fourth-order valence-electron chi connectivity index (χ4n) is 2.48. The van der Waals surface area contributed by atoms with Crippen LogP contribution >= 0.6 is 0 Å². The summed E-state index contributed by atoms with van der Waals surface area (Å²) in [5.74, 6) is 1.28. The first kappa shape index (κ1) is 17.7. The minimum Gasteiger partial charge on any atom is -0.366 e. The summed E-state index contributed by atoms with van der Waals surface area (Å²) in [7, 11) is 0. The summed E-state index contributed by atoms with van der Waals surface area (Å²) in [4.78, 5) is 4.41. The Morgan fingerprint density at radius 3 is 2.92 bits per heavy atom. The molecular formula is C20H26N4. The van der Waals surface area contributed by atoms with Gasteiger partial charge in [0.15, 0.2) is 0 Å². The van der Waals surface area contributed by atoms with Gasteiger partial charge in [0.25, 0.3) is 0 Å². The van der Waals surface area contributed by atoms with Crippen LogP contribution in [0.4, 0.5) is 5.82 Å². The average molecular weight is 322 g/mol. The van der Waals surface area contributed by atoms with E-state index in [4.69, 9.17) is 0 Å². The van der Waals surface area contributed by atoms with Gasteiger partial charge in [-0.15, -0.1) is 0 Å². The molecule has 0 fully saturated rings. The molecular weight excluding hydrogens is 296 g/mol. The van der Waals surface area contributed by atoms with E-state index in [1.807, 2.05) is 31.5 Å². The number of hydrogen-bond acceptors (Lipinski definition) is 3. The summed E-state index contributed by atoms with van der Waals surface area (Å²) in [6, 6.07) is 4.07. The van der Waals surface area contributed by atoms with Gasteiger partial charge < -0.3 is 5.32 Å². The van der Waals surface area contributed by atoms with E-state index < -0.39 is 0 Å². The topological polar surface area (TPSA) is 53.6 Å². The first-order valence-corrected chi connectivity index (χ1v) is 8.27. The highest BCUT2D eigenvalue weighted by Crippen LogP contribution is 2.29. The van der Waals surface area contributed by atoms with Gasteiger partial charge in [0.05, 0.1) is 6.20 Å². The number of nitrogens with zero attached hydrogens (tertiary/aromatic N) is 2. The third kappa shape index (κ3) is 4.22. The van der Waals surface area contributed by atoms with Crippen molar-refractivity contribution in [1.82, 2.24) is 15.2 Å². The predicted octanol–water partition coefficient (Wildman–Crippen LogP) is 5.09. The number of pyridine rings is 1. The van der Waals surface area contributed by atoms with E-state index >= 15 is 0 Å². The van der Waals surface area contributed by atoms with Gasteiger partial charge in [-0.25, -0.2) is 4.98 Å². The number of aromatic nitrogens is 3. The smallest absolute Gasteiger partial charge is 0.126 e. The molecule has 4 heteroatoms. The van der Waals surface area contributed by atoms with E-state index in [1.165, 1.54) is 5.69 Å². The zero-order chi connectivity index (χ0) is 17.5. The molecule has 0 aromatic carbocycles. The molecule has 2 rings (SSSR count). The maximum atomic E-state index is 4.41. The highest BCUT2D eigenvalue weighted by molar-refractivity contribution is 5.68. The summed E-state index contributed by atoms with van der Waals surface area (Å²) in [5, 5.41) is 10.7. The molecule has 1 unspecified atom stereocenters. The van der Waals surface area contributed by atoms with Crippen LogP contribution in [0.15, 0.2) is 61.0 Å². The van der Waals surface area contributed by atoms with Gasteiger partial charge in [-0.2, -0.15) is 5.10 Å². The largest absolute Gasteiger partial charge is 0.366 e. The van der Waals surface area contributed by atoms with Crippen LogP contribution in [0.1, 0.15) is 38.8 Å². The van der Waals surface area contributed by atoms with Gasteiger partial charge in [-0.1, -0.05) is 44.7 Å². The summed E-state index contributed by atoms with van der Waals surface area (Å²) in [5.41, 5.74) is 5.55. The lowest BCUT2D eigenvalue weighted by Gasteiger charge is -2.12. The Morgan fingerprint density at radius 2 is 2.25 bits per heavy atom. The van der Waals surface area contributed by atoms with Crippen molar-refractivity contribution in [2.75, 3.05) is 11.9 Å². The summed E-state index contributed by atoms with van der Waals surface area (Å²) in [6.07, 6.45) is 8.52. The van der Waals surface area contributed by atoms with Gasteiger partial charge >= 0.3 is 0 Å². The third-order valence-electron chi connectivity index (χ3n) is 4.17. The van der Waals surface area contributed by atoms with E-state index in [0.29, 0.717) is 12.5 Å². The average Bonchev–Trinajstić information content (AvgIpc) is 3.07. The van der Waals surface area contributed by atoms with Gasteiger partial charge in [0.1, 0.15) is 5.82 Å². The van der Waals surface area contributed by atoms with E-state index in [1.54, 1.807) is 6.08 Å². The second-order valence-electron chi connectivity index (χ2n) is 6.00. The van der Waals surface area contributed by atoms with Crippen LogP contribution in [-0.4, -0.2) is 21.7 Å². The van der Waals surface area contributed by atoms with Crippen LogP contribution in [0.25, 0.3) is 11.1 Å². The van der Waals surface area contributed by atoms with Gasteiger partial charge in [-0.3, -0.25) is 5.10 Å². The van der Waals surface area contributed by atoms with E-state index in [-0.39, 0.29) is 0 Å². The maximum absolute atomic E-state index is 4.41. The highest BCUT2D eigenvalue weighted by atomic mass is 15.1. The molecule has 0 saturated carbocycles. The Labute approximate surface area is 144 Å². The molecule has 126 valence electrons. The van der Waals surface area contributed by atoms with Crippen molar-refractivity contribution < 1.29 is 0 Å². The Kier molecular flexibility index (Phi) is 6.13. The molecule has 0 amide bonds. The highest BCUT2D eigenvalue weighted by Gasteiger charge is 2.13. The van der Waals surface area contributed by atoms with Crippen molar-refractivity contribution in [3.05, 3.63) is 66.7 Å². The van der Waals surface area contributed by atoms with Crippen molar-refractivity contribution in [2.45, 2.75) is 33.1 Å². The number of rotatable bonds is 8. The van der Waals surface area contributed by atoms with Crippen molar-refractivity contribution >= 4 is 5.82 Å². The molecule has 0 saturated heterocycles. The Balaban J connectivity index is 2.21. The number of hydrogen-bond donors (Lipinski definition) is 2. The number of nitrogens with one attached hydrogen (secondary N) is 2. The van der Waals surface area contributed by atoms with Crippen molar-refractivity contribution in [3.63, 3.8) is 0 Å². The second kappa shape index (κ2) is 8.29. The number of allylic oxidation sites excluding steroid dienone is 2. The van der Waals surface area contributed by atoms with Gasteiger partial charge in [0, 0.05) is 24.0 Å². The normalized spacial score (nSPS) is 12.7. The molecule has 2 aromatic heterocycles. The molecule has 4 nitrogen and oxygen atoms in total. The number of anilines is 1. The monoisotopic (exact) mass is 322 g/mol. The van der Waals surface area contributed by atoms with Crippen LogP contribution in [0, 0.1) is 0 Å². The van der Waals surface area contributed by atoms with Crippen LogP contribution in [0.5, 0.6) is 0 Å². The standard InChI is InChI=1S/C20H26N4/c1-6-8-17(14(3)4)12-22-19-11-16(9-10-21-19)18-13-23-24-20(18)15(5)7-2/h6,8-11,13,15H,1,3,7,12H2,2,4-5H3,(H,21,22)(H,23,24)/b17-8-. The molecule has 0 aliphatic carbocycles. The van der Waals surface area contributed by atoms with Crippen LogP contribution in [-0.2, 0) is 0 Å². The Hall–Kier alpha value is -2.62. The number of H-pyrrole nitrogens is 1. The van der Waals surface area contributed by atoms with E-state index in [9.17, 15) is 0 Å². The molecule has 0 aliphatic rings. The molecule has 24 heavy (non-hydrogen) atoms. The summed E-state index contributed by atoms with van der Waals surface area (Å²) < 4.78 is 0. The fraction of sp³-hybridized carbons (Fsp3) is 0.300. The molecule has 0 radical (unpaired) electrons. The quantitative estimate of drug-likeness (QED) is 0.666. The molecule has 0 bridgehead atoms. The van der Waals surface area contributed by atoms with Crippen LogP contribution in [0.3, 0.4) is 0 Å².